The predicted molar refractivity (Wildman–Crippen MR) is 109 cm³/mol. The molecule has 156 valence electrons. The molecule has 28 heavy (non-hydrogen) atoms. The van der Waals surface area contributed by atoms with Gasteiger partial charge in [-0.2, -0.15) is 13.8 Å². The number of hydrogen-bond donors (Lipinski definition) is 1. The Balaban J connectivity index is 2.21. The average Bonchev–Trinajstić information content (AvgIpc) is 2.92. The quantitative estimate of drug-likeness (QED) is 0.375. The fourth-order valence-corrected chi connectivity index (χ4v) is 3.72. The highest BCUT2D eigenvalue weighted by atomic mass is 79.9. The smallest absolute Gasteiger partial charge is 0.412 e. The molecule has 2 rings (SSSR count). The Kier molecular flexibility index (Phi) is 7.21. The minimum atomic E-state index is -3.89. The summed E-state index contributed by atoms with van der Waals surface area (Å²) in [5.74, 6) is -3.95. The highest BCUT2D eigenvalue weighted by Crippen LogP contribution is 2.35. The van der Waals surface area contributed by atoms with E-state index in [1.807, 2.05) is 0 Å². The van der Waals surface area contributed by atoms with Crippen molar-refractivity contribution in [3.05, 3.63) is 22.8 Å². The fraction of sp³-hybridized carbons (Fsp3) is 0.556. The van der Waals surface area contributed by atoms with Crippen LogP contribution in [-0.2, 0) is 16.3 Å². The number of carboxylic acids is 1. The zero-order valence-electron chi connectivity index (χ0n) is 16.3. The lowest BCUT2D eigenvalue weighted by Crippen LogP contribution is -2.39. The van der Waals surface area contributed by atoms with Crippen LogP contribution in [0.5, 0.6) is 5.88 Å². The highest BCUT2D eigenvalue weighted by Gasteiger charge is 2.47. The minimum absolute atomic E-state index is 0.220. The molecule has 2 aromatic rings. The molecule has 1 N–H and O–H groups in total. The molecular weight excluding hydrogens is 454 g/mol. The van der Waals surface area contributed by atoms with E-state index in [4.69, 9.17) is 14.6 Å². The van der Waals surface area contributed by atoms with Gasteiger partial charge in [-0.05, 0) is 40.5 Å². The lowest BCUT2D eigenvalue weighted by Gasteiger charge is -2.23. The first-order valence-electron chi connectivity index (χ1n) is 8.97. The van der Waals surface area contributed by atoms with Gasteiger partial charge in [0.15, 0.2) is 5.92 Å². The van der Waals surface area contributed by atoms with E-state index in [2.05, 4.69) is 40.6 Å². The van der Waals surface area contributed by atoms with Gasteiger partial charge in [0.25, 0.3) is 0 Å². The summed E-state index contributed by atoms with van der Waals surface area (Å²) in [6, 6.07) is 4.41. The highest BCUT2D eigenvalue weighted by molar-refractivity contribution is 9.10. The number of hydrogen-bond acceptors (Lipinski definition) is 4. The van der Waals surface area contributed by atoms with Crippen LogP contribution >= 0.6 is 15.9 Å². The number of pyridine rings is 1. The maximum atomic E-state index is 14.3. The van der Waals surface area contributed by atoms with E-state index in [9.17, 15) is 13.6 Å². The third kappa shape index (κ3) is 5.74. The van der Waals surface area contributed by atoms with Gasteiger partial charge in [0.05, 0.1) is 4.47 Å². The molecule has 6 nitrogen and oxygen atoms in total. The zero-order valence-corrected chi connectivity index (χ0v) is 18.9. The molecule has 1 atom stereocenters. The molecule has 0 aromatic carbocycles. The third-order valence-electron chi connectivity index (χ3n) is 4.23. The Morgan fingerprint density at radius 1 is 1.43 bits per heavy atom. The summed E-state index contributed by atoms with van der Waals surface area (Å²) in [6.07, 6.45) is -2.41. The van der Waals surface area contributed by atoms with E-state index >= 15 is 0 Å². The topological polar surface area (TPSA) is 73.6 Å². The number of carboxylic acid groups (broad SMARTS) is 1. The fourth-order valence-electron chi connectivity index (χ4n) is 2.54. The number of rotatable bonds is 10. The molecular formula is C18H25BrF2N2O4Si. The van der Waals surface area contributed by atoms with E-state index in [0.717, 1.165) is 11.4 Å². The molecule has 2 aromatic heterocycles. The molecule has 0 saturated heterocycles. The van der Waals surface area contributed by atoms with E-state index in [1.54, 1.807) is 22.9 Å². The number of alkyl halides is 2. The summed E-state index contributed by atoms with van der Waals surface area (Å²) in [6.45, 7) is 8.99. The molecule has 0 amide bonds. The summed E-state index contributed by atoms with van der Waals surface area (Å²) >= 11 is 3.17. The largest absolute Gasteiger partial charge is 0.481 e. The number of ether oxygens (including phenoxy) is 2. The Hall–Kier alpha value is -1.52. The molecule has 1 unspecified atom stereocenters. The van der Waals surface area contributed by atoms with Crippen LogP contribution < -0.4 is 4.74 Å². The van der Waals surface area contributed by atoms with E-state index < -0.39 is 26.1 Å². The Morgan fingerprint density at radius 3 is 2.68 bits per heavy atom. The molecule has 0 fully saturated rings. The van der Waals surface area contributed by atoms with Gasteiger partial charge in [0, 0.05) is 26.3 Å². The summed E-state index contributed by atoms with van der Waals surface area (Å²) in [5, 5.41) is 9.73. The number of carbonyl (C=O) groups is 1. The van der Waals surface area contributed by atoms with Crippen molar-refractivity contribution in [3.8, 4) is 5.88 Å². The van der Waals surface area contributed by atoms with Crippen LogP contribution in [0.15, 0.2) is 22.8 Å². The standard InChI is InChI=1S/C18H25BrF2N2O4Si/c1-5-13(17(24)25)18(20,21)27-16-14(19)10-12-6-7-23(15(12)22-16)11-26-8-9-28(2,3)4/h6-7,10,13H,5,8-9,11H2,1-4H3,(H,24,25). The number of aromatic nitrogens is 2. The van der Waals surface area contributed by atoms with Gasteiger partial charge in [-0.3, -0.25) is 4.79 Å². The van der Waals surface area contributed by atoms with Crippen molar-refractivity contribution >= 4 is 41.0 Å². The third-order valence-corrected chi connectivity index (χ3v) is 6.50. The lowest BCUT2D eigenvalue weighted by molar-refractivity contribution is -0.224. The van der Waals surface area contributed by atoms with E-state index in [0.29, 0.717) is 12.3 Å². The second-order valence-electron chi connectivity index (χ2n) is 7.78. The van der Waals surface area contributed by atoms with Gasteiger partial charge < -0.3 is 19.1 Å². The maximum absolute atomic E-state index is 14.3. The van der Waals surface area contributed by atoms with Crippen LogP contribution in [0.25, 0.3) is 11.0 Å². The van der Waals surface area contributed by atoms with E-state index in [1.165, 1.54) is 6.92 Å². The second kappa shape index (κ2) is 8.87. The maximum Gasteiger partial charge on any atom is 0.412 e. The summed E-state index contributed by atoms with van der Waals surface area (Å²) < 4.78 is 40.9. The zero-order chi connectivity index (χ0) is 21.1. The monoisotopic (exact) mass is 478 g/mol. The van der Waals surface area contributed by atoms with Crippen LogP contribution in [0.3, 0.4) is 0 Å². The van der Waals surface area contributed by atoms with Gasteiger partial charge in [-0.25, -0.2) is 0 Å². The number of nitrogens with zero attached hydrogens (tertiary/aromatic N) is 2. The van der Waals surface area contributed by atoms with Crippen LogP contribution in [0.1, 0.15) is 13.3 Å². The molecule has 10 heteroatoms. The van der Waals surface area contributed by atoms with Crippen molar-refractivity contribution in [1.82, 2.24) is 9.55 Å². The molecule has 0 spiro atoms. The Bertz CT molecular complexity index is 839. The van der Waals surface area contributed by atoms with Gasteiger partial charge in [0.1, 0.15) is 12.4 Å². The van der Waals surface area contributed by atoms with Crippen molar-refractivity contribution in [2.45, 2.75) is 51.9 Å². The van der Waals surface area contributed by atoms with Gasteiger partial charge in [-0.15, -0.1) is 0 Å². The second-order valence-corrected chi connectivity index (χ2v) is 14.3. The first kappa shape index (κ1) is 22.8. The van der Waals surface area contributed by atoms with Gasteiger partial charge in [-0.1, -0.05) is 26.6 Å². The Morgan fingerprint density at radius 2 is 2.11 bits per heavy atom. The van der Waals surface area contributed by atoms with Crippen molar-refractivity contribution in [2.24, 2.45) is 5.92 Å². The van der Waals surface area contributed by atoms with Crippen LogP contribution in [-0.4, -0.2) is 41.4 Å². The van der Waals surface area contributed by atoms with E-state index in [-0.39, 0.29) is 23.5 Å². The van der Waals surface area contributed by atoms with Crippen molar-refractivity contribution in [2.75, 3.05) is 6.61 Å². The molecule has 0 aliphatic heterocycles. The molecule has 0 aliphatic rings. The molecule has 0 radical (unpaired) electrons. The van der Waals surface area contributed by atoms with Crippen molar-refractivity contribution < 1.29 is 28.2 Å². The summed E-state index contributed by atoms with van der Waals surface area (Å²) in [7, 11) is -1.21. The first-order valence-corrected chi connectivity index (χ1v) is 13.5. The van der Waals surface area contributed by atoms with Crippen LogP contribution in [0.4, 0.5) is 8.78 Å². The van der Waals surface area contributed by atoms with Gasteiger partial charge in [0.2, 0.25) is 5.88 Å². The Labute approximate surface area is 172 Å². The molecule has 0 saturated carbocycles. The van der Waals surface area contributed by atoms with Crippen molar-refractivity contribution in [1.29, 1.82) is 0 Å². The first-order chi connectivity index (χ1) is 12.9. The number of aliphatic carboxylic acids is 1. The minimum Gasteiger partial charge on any atom is -0.481 e. The van der Waals surface area contributed by atoms with Crippen molar-refractivity contribution in [3.63, 3.8) is 0 Å². The molecule has 0 bridgehead atoms. The number of fused-ring (bicyclic) bond motifs is 1. The summed E-state index contributed by atoms with van der Waals surface area (Å²) in [5.41, 5.74) is 0.422. The molecule has 0 aliphatic carbocycles. The normalized spacial score (nSPS) is 13.7. The van der Waals surface area contributed by atoms with Crippen LogP contribution in [0.2, 0.25) is 25.7 Å². The molecule has 2 heterocycles. The number of halogens is 3. The predicted octanol–water partition coefficient (Wildman–Crippen LogP) is 5.19. The summed E-state index contributed by atoms with van der Waals surface area (Å²) in [4.78, 5) is 15.3. The van der Waals surface area contributed by atoms with Crippen LogP contribution in [0, 0.1) is 5.92 Å². The van der Waals surface area contributed by atoms with Gasteiger partial charge >= 0.3 is 12.1 Å². The lowest BCUT2D eigenvalue weighted by atomic mass is 10.1. The average molecular weight is 479 g/mol. The SMILES string of the molecule is CCC(C(=O)O)C(F)(F)Oc1nc2c(ccn2COCC[Si](C)(C)C)cc1Br.